The fourth-order valence-corrected chi connectivity index (χ4v) is 5.48. The number of halogens is 1. The quantitative estimate of drug-likeness (QED) is 0.627. The van der Waals surface area contributed by atoms with Gasteiger partial charge in [-0.05, 0) is 55.0 Å². The molecule has 0 N–H and O–H groups in total. The lowest BCUT2D eigenvalue weighted by molar-refractivity contribution is 0.249. The van der Waals surface area contributed by atoms with E-state index in [0.29, 0.717) is 6.04 Å². The van der Waals surface area contributed by atoms with Crippen LogP contribution in [-0.4, -0.2) is 31.4 Å². The summed E-state index contributed by atoms with van der Waals surface area (Å²) in [5.74, 6) is 0.843. The third-order valence-electron chi connectivity index (χ3n) is 5.52. The van der Waals surface area contributed by atoms with Crippen LogP contribution in [0, 0.1) is 5.82 Å². The molecule has 2 aliphatic heterocycles. The molecule has 3 aromatic rings. The maximum atomic E-state index is 13.4. The van der Waals surface area contributed by atoms with E-state index in [9.17, 15) is 4.39 Å². The molecule has 6 heteroatoms. The molecule has 0 unspecified atom stereocenters. The van der Waals surface area contributed by atoms with Crippen molar-refractivity contribution in [2.75, 3.05) is 5.75 Å². The number of hydrogen-bond donors (Lipinski definition) is 0. The largest absolute Gasteiger partial charge is 0.337 e. The van der Waals surface area contributed by atoms with Crippen LogP contribution in [0.25, 0.3) is 5.69 Å². The highest BCUT2D eigenvalue weighted by molar-refractivity contribution is 8.14. The molecule has 3 atom stereocenters. The normalized spacial score (nSPS) is 23.7. The molecule has 0 spiro atoms. The van der Waals surface area contributed by atoms with Crippen molar-refractivity contribution in [2.45, 2.75) is 31.5 Å². The Morgan fingerprint density at radius 3 is 2.71 bits per heavy atom. The number of thioether (sulfide) groups is 1. The van der Waals surface area contributed by atoms with Gasteiger partial charge in [0, 0.05) is 35.6 Å². The number of fused-ring (bicyclic) bond motifs is 1. The number of rotatable bonds is 4. The van der Waals surface area contributed by atoms with E-state index in [-0.39, 0.29) is 17.9 Å². The molecule has 2 aromatic heterocycles. The Morgan fingerprint density at radius 2 is 1.96 bits per heavy atom. The smallest absolute Gasteiger partial charge is 0.160 e. The minimum atomic E-state index is -0.225. The zero-order valence-corrected chi connectivity index (χ0v) is 16.4. The molecule has 0 aliphatic carbocycles. The molecule has 1 aromatic carbocycles. The van der Waals surface area contributed by atoms with Crippen LogP contribution in [0.1, 0.15) is 36.8 Å². The van der Waals surface area contributed by atoms with Crippen LogP contribution >= 0.6 is 11.8 Å². The predicted octanol–water partition coefficient (Wildman–Crippen LogP) is 4.99. The van der Waals surface area contributed by atoms with E-state index < -0.39 is 0 Å². The predicted molar refractivity (Wildman–Crippen MR) is 111 cm³/mol. The van der Waals surface area contributed by atoms with Crippen molar-refractivity contribution in [2.24, 2.45) is 4.99 Å². The van der Waals surface area contributed by atoms with Crippen LogP contribution < -0.4 is 0 Å². The zero-order chi connectivity index (χ0) is 19.1. The average Bonchev–Trinajstić information content (AvgIpc) is 3.44. The summed E-state index contributed by atoms with van der Waals surface area (Å²) in [6.07, 6.45) is 4.95. The van der Waals surface area contributed by atoms with Gasteiger partial charge >= 0.3 is 0 Å². The summed E-state index contributed by atoms with van der Waals surface area (Å²) in [5.41, 5.74) is 3.09. The Morgan fingerprint density at radius 1 is 1.11 bits per heavy atom. The van der Waals surface area contributed by atoms with Gasteiger partial charge in [-0.3, -0.25) is 9.98 Å². The van der Waals surface area contributed by atoms with Gasteiger partial charge in [-0.1, -0.05) is 24.8 Å². The van der Waals surface area contributed by atoms with Crippen molar-refractivity contribution in [3.8, 4) is 5.69 Å². The van der Waals surface area contributed by atoms with E-state index >= 15 is 0 Å². The highest BCUT2D eigenvalue weighted by Crippen LogP contribution is 2.48. The first kappa shape index (κ1) is 17.5. The third-order valence-corrected chi connectivity index (χ3v) is 6.64. The second-order valence-electron chi connectivity index (χ2n) is 7.12. The maximum absolute atomic E-state index is 13.4. The number of benzene rings is 1. The molecule has 142 valence electrons. The first-order valence-corrected chi connectivity index (χ1v) is 10.6. The standard InChI is InChI=1S/C22H21FN4S/c1-2-16-14-28-22-25-20(18-6-3-4-12-24-18)21(27(16)22)19-7-5-13-26(19)17-10-8-15(23)9-11-17/h3-13,16,20-21H,2,14H2,1H3/t16-,20+,21+/m0/s1. The molecule has 1 fully saturated rings. The first-order chi connectivity index (χ1) is 13.8. The van der Waals surface area contributed by atoms with E-state index in [1.807, 2.05) is 48.4 Å². The number of hydrogen-bond acceptors (Lipinski definition) is 4. The molecule has 0 saturated carbocycles. The molecular formula is C22H21FN4S. The first-order valence-electron chi connectivity index (χ1n) is 9.59. The Hall–Kier alpha value is -2.60. The maximum Gasteiger partial charge on any atom is 0.160 e. The van der Waals surface area contributed by atoms with Gasteiger partial charge in [0.15, 0.2) is 5.17 Å². The van der Waals surface area contributed by atoms with Gasteiger partial charge in [-0.2, -0.15) is 0 Å². The summed E-state index contributed by atoms with van der Waals surface area (Å²) in [4.78, 5) is 12.2. The van der Waals surface area contributed by atoms with Gasteiger partial charge in [0.25, 0.3) is 0 Å². The molecule has 28 heavy (non-hydrogen) atoms. The van der Waals surface area contributed by atoms with Gasteiger partial charge in [0.05, 0.1) is 5.69 Å². The van der Waals surface area contributed by atoms with E-state index in [0.717, 1.165) is 34.4 Å². The van der Waals surface area contributed by atoms with Gasteiger partial charge in [0.1, 0.15) is 17.9 Å². The molecular weight excluding hydrogens is 371 g/mol. The minimum Gasteiger partial charge on any atom is -0.337 e. The fourth-order valence-electron chi connectivity index (χ4n) is 4.14. The molecule has 0 bridgehead atoms. The number of nitrogens with zero attached hydrogens (tertiary/aromatic N) is 4. The van der Waals surface area contributed by atoms with Gasteiger partial charge < -0.3 is 9.47 Å². The van der Waals surface area contributed by atoms with E-state index in [1.165, 1.54) is 12.1 Å². The van der Waals surface area contributed by atoms with Crippen LogP contribution in [-0.2, 0) is 0 Å². The van der Waals surface area contributed by atoms with Crippen molar-refractivity contribution in [1.29, 1.82) is 0 Å². The number of amidine groups is 1. The Bertz CT molecular complexity index is 999. The van der Waals surface area contributed by atoms with Crippen LogP contribution in [0.3, 0.4) is 0 Å². The lowest BCUT2D eigenvalue weighted by Crippen LogP contribution is -2.36. The topological polar surface area (TPSA) is 33.4 Å². The summed E-state index contributed by atoms with van der Waals surface area (Å²) in [7, 11) is 0. The third kappa shape index (κ3) is 2.83. The summed E-state index contributed by atoms with van der Waals surface area (Å²) < 4.78 is 15.6. The van der Waals surface area contributed by atoms with E-state index in [2.05, 4.69) is 39.6 Å². The fraction of sp³-hybridized carbons (Fsp3) is 0.273. The van der Waals surface area contributed by atoms with E-state index in [1.54, 1.807) is 0 Å². The highest BCUT2D eigenvalue weighted by Gasteiger charge is 2.46. The molecule has 0 radical (unpaired) electrons. The van der Waals surface area contributed by atoms with Gasteiger partial charge in [0.2, 0.25) is 0 Å². The Balaban J connectivity index is 1.62. The van der Waals surface area contributed by atoms with Crippen LogP contribution in [0.15, 0.2) is 72.0 Å². The van der Waals surface area contributed by atoms with Crippen molar-refractivity contribution in [3.05, 3.63) is 84.2 Å². The van der Waals surface area contributed by atoms with Crippen LogP contribution in [0.2, 0.25) is 0 Å². The van der Waals surface area contributed by atoms with Gasteiger partial charge in [-0.15, -0.1) is 0 Å². The zero-order valence-electron chi connectivity index (χ0n) is 15.6. The monoisotopic (exact) mass is 392 g/mol. The van der Waals surface area contributed by atoms with E-state index in [4.69, 9.17) is 4.99 Å². The number of aromatic nitrogens is 2. The second kappa shape index (κ2) is 7.09. The van der Waals surface area contributed by atoms with Crippen LogP contribution in [0.5, 0.6) is 0 Å². The molecule has 1 saturated heterocycles. The molecule has 5 rings (SSSR count). The Kier molecular flexibility index (Phi) is 4.43. The lowest BCUT2D eigenvalue weighted by Gasteiger charge is -2.32. The number of aliphatic imine (C=N–C) groups is 1. The summed E-state index contributed by atoms with van der Waals surface area (Å²) in [6.45, 7) is 2.23. The average molecular weight is 393 g/mol. The van der Waals surface area contributed by atoms with Crippen molar-refractivity contribution >= 4 is 16.9 Å². The minimum absolute atomic E-state index is 0.0489. The molecule has 4 heterocycles. The molecule has 0 amide bonds. The number of pyridine rings is 1. The summed E-state index contributed by atoms with van der Waals surface area (Å²) in [6, 6.07) is 17.4. The second-order valence-corrected chi connectivity index (χ2v) is 8.10. The Labute approximate surface area is 168 Å². The lowest BCUT2D eigenvalue weighted by atomic mass is 9.99. The van der Waals surface area contributed by atoms with Crippen molar-refractivity contribution < 1.29 is 4.39 Å². The molecule has 2 aliphatic rings. The summed E-state index contributed by atoms with van der Waals surface area (Å²) >= 11 is 1.84. The molecule has 4 nitrogen and oxygen atoms in total. The van der Waals surface area contributed by atoms with Gasteiger partial charge in [-0.25, -0.2) is 4.39 Å². The van der Waals surface area contributed by atoms with Crippen LogP contribution in [0.4, 0.5) is 4.39 Å². The summed E-state index contributed by atoms with van der Waals surface area (Å²) in [5, 5.41) is 1.11. The SMILES string of the molecule is CC[C@H]1CSC2=N[C@H](c3ccccn3)[C@@H](c3cccn3-c3ccc(F)cc3)N21. The highest BCUT2D eigenvalue weighted by atomic mass is 32.2. The van der Waals surface area contributed by atoms with Crippen molar-refractivity contribution in [3.63, 3.8) is 0 Å². The van der Waals surface area contributed by atoms with Crippen molar-refractivity contribution in [1.82, 2.24) is 14.5 Å².